The van der Waals surface area contributed by atoms with Gasteiger partial charge in [-0.2, -0.15) is 5.10 Å². The van der Waals surface area contributed by atoms with Crippen molar-refractivity contribution in [2.75, 3.05) is 0 Å². The number of carbonyl (C=O) groups is 1. The third-order valence-corrected chi connectivity index (χ3v) is 2.88. The van der Waals surface area contributed by atoms with Gasteiger partial charge < -0.3 is 5.32 Å². The Labute approximate surface area is 114 Å². The summed E-state index contributed by atoms with van der Waals surface area (Å²) < 4.78 is 1.10. The molecule has 0 fully saturated rings. The van der Waals surface area contributed by atoms with Crippen LogP contribution < -0.4 is 10.9 Å². The van der Waals surface area contributed by atoms with Crippen LogP contribution >= 0.6 is 11.6 Å². The zero-order valence-corrected chi connectivity index (χ0v) is 10.8. The molecule has 1 aromatic heterocycles. The maximum atomic E-state index is 11.7. The van der Waals surface area contributed by atoms with Gasteiger partial charge in [-0.05, 0) is 17.7 Å². The first kappa shape index (κ1) is 13.3. The van der Waals surface area contributed by atoms with Gasteiger partial charge in [0.05, 0.1) is 0 Å². The number of halogens is 1. The second-order valence-corrected chi connectivity index (χ2v) is 4.29. The van der Waals surface area contributed by atoms with Gasteiger partial charge in [0.15, 0.2) is 0 Å². The first-order valence-corrected chi connectivity index (χ1v) is 6.07. The molecule has 19 heavy (non-hydrogen) atoms. The highest BCUT2D eigenvalue weighted by Gasteiger charge is 2.06. The van der Waals surface area contributed by atoms with Gasteiger partial charge in [0.2, 0.25) is 5.91 Å². The average Bonchev–Trinajstić information content (AvgIpc) is 2.40. The molecule has 0 aliphatic rings. The molecule has 1 N–H and O–H groups in total. The van der Waals surface area contributed by atoms with Crippen molar-refractivity contribution in [2.24, 2.45) is 0 Å². The predicted octanol–water partition coefficient (Wildman–Crippen LogP) is 1.21. The maximum Gasteiger partial charge on any atom is 0.267 e. The van der Waals surface area contributed by atoms with Crippen molar-refractivity contribution in [3.05, 3.63) is 63.5 Å². The Balaban J connectivity index is 1.94. The number of hydrogen-bond acceptors (Lipinski definition) is 3. The highest BCUT2D eigenvalue weighted by Crippen LogP contribution is 2.14. The van der Waals surface area contributed by atoms with E-state index in [0.717, 1.165) is 10.2 Å². The van der Waals surface area contributed by atoms with Crippen LogP contribution in [-0.2, 0) is 17.9 Å². The minimum atomic E-state index is -0.310. The summed E-state index contributed by atoms with van der Waals surface area (Å²) in [4.78, 5) is 23.1. The summed E-state index contributed by atoms with van der Waals surface area (Å²) in [6.45, 7) is 0.213. The van der Waals surface area contributed by atoms with E-state index in [9.17, 15) is 9.59 Å². The molecule has 2 rings (SSSR count). The fraction of sp³-hybridized carbons (Fsp3) is 0.154. The van der Waals surface area contributed by atoms with E-state index in [-0.39, 0.29) is 18.0 Å². The van der Waals surface area contributed by atoms with E-state index in [4.69, 9.17) is 11.6 Å². The van der Waals surface area contributed by atoms with Crippen LogP contribution in [0.2, 0.25) is 5.02 Å². The standard InChI is InChI=1S/C13H12ClN3O2/c14-11-5-2-1-4-10(11)8-15-12(18)9-17-13(19)6-3-7-16-17/h1-7H,8-9H2,(H,15,18). The quantitative estimate of drug-likeness (QED) is 0.914. The molecule has 1 aromatic carbocycles. The van der Waals surface area contributed by atoms with Crippen LogP contribution in [-0.4, -0.2) is 15.7 Å². The average molecular weight is 278 g/mol. The molecule has 2 aromatic rings. The van der Waals surface area contributed by atoms with E-state index in [1.807, 2.05) is 18.2 Å². The van der Waals surface area contributed by atoms with Crippen LogP contribution in [0.4, 0.5) is 0 Å². The Morgan fingerprint density at radius 2 is 2.05 bits per heavy atom. The molecule has 0 spiro atoms. The van der Waals surface area contributed by atoms with Gasteiger partial charge in [-0.3, -0.25) is 9.59 Å². The number of nitrogens with zero attached hydrogens (tertiary/aromatic N) is 2. The summed E-state index contributed by atoms with van der Waals surface area (Å²) in [6, 6.07) is 10.1. The van der Waals surface area contributed by atoms with Crippen LogP contribution in [0.1, 0.15) is 5.56 Å². The molecule has 0 atom stereocenters. The van der Waals surface area contributed by atoms with Gasteiger partial charge in [0.25, 0.3) is 5.56 Å². The van der Waals surface area contributed by atoms with Crippen molar-refractivity contribution in [2.45, 2.75) is 13.1 Å². The van der Waals surface area contributed by atoms with Crippen molar-refractivity contribution in [1.29, 1.82) is 0 Å². The molecule has 1 amide bonds. The maximum absolute atomic E-state index is 11.7. The lowest BCUT2D eigenvalue weighted by molar-refractivity contribution is -0.122. The highest BCUT2D eigenvalue weighted by atomic mass is 35.5. The lowest BCUT2D eigenvalue weighted by atomic mass is 10.2. The number of hydrogen-bond donors (Lipinski definition) is 1. The van der Waals surface area contributed by atoms with Crippen molar-refractivity contribution in [1.82, 2.24) is 15.1 Å². The Morgan fingerprint density at radius 1 is 1.26 bits per heavy atom. The van der Waals surface area contributed by atoms with Crippen LogP contribution in [0.15, 0.2) is 47.4 Å². The minimum absolute atomic E-state index is 0.107. The first-order chi connectivity index (χ1) is 9.16. The fourth-order valence-corrected chi connectivity index (χ4v) is 1.74. The second-order valence-electron chi connectivity index (χ2n) is 3.89. The van der Waals surface area contributed by atoms with Crippen molar-refractivity contribution in [3.63, 3.8) is 0 Å². The topological polar surface area (TPSA) is 64.0 Å². The summed E-state index contributed by atoms with van der Waals surface area (Å²) >= 11 is 5.97. The molecule has 0 saturated heterocycles. The number of aromatic nitrogens is 2. The van der Waals surface area contributed by atoms with E-state index in [0.29, 0.717) is 11.6 Å². The molecular weight excluding hydrogens is 266 g/mol. The van der Waals surface area contributed by atoms with Gasteiger partial charge in [0, 0.05) is 23.8 Å². The Morgan fingerprint density at radius 3 is 2.79 bits per heavy atom. The molecule has 5 nitrogen and oxygen atoms in total. The molecule has 0 bridgehead atoms. The second kappa shape index (κ2) is 6.15. The summed E-state index contributed by atoms with van der Waals surface area (Å²) in [5.41, 5.74) is 0.515. The zero-order valence-electron chi connectivity index (χ0n) is 10.0. The molecule has 0 unspecified atom stereocenters. The molecule has 0 aliphatic carbocycles. The van der Waals surface area contributed by atoms with Crippen LogP contribution in [0.25, 0.3) is 0 Å². The molecule has 0 saturated carbocycles. The summed E-state index contributed by atoms with van der Waals surface area (Å²) in [6.07, 6.45) is 1.46. The lowest BCUT2D eigenvalue weighted by Crippen LogP contribution is -2.32. The van der Waals surface area contributed by atoms with Gasteiger partial charge in [0.1, 0.15) is 6.54 Å². The third-order valence-electron chi connectivity index (χ3n) is 2.51. The monoisotopic (exact) mass is 277 g/mol. The smallest absolute Gasteiger partial charge is 0.267 e. The largest absolute Gasteiger partial charge is 0.350 e. The zero-order chi connectivity index (χ0) is 13.7. The SMILES string of the molecule is O=C(Cn1ncccc1=O)NCc1ccccc1Cl. The first-order valence-electron chi connectivity index (χ1n) is 5.69. The lowest BCUT2D eigenvalue weighted by Gasteiger charge is -2.07. The Hall–Kier alpha value is -2.14. The predicted molar refractivity (Wildman–Crippen MR) is 71.8 cm³/mol. The van der Waals surface area contributed by atoms with Gasteiger partial charge in [-0.25, -0.2) is 4.68 Å². The third kappa shape index (κ3) is 3.66. The molecule has 0 aliphatic heterocycles. The highest BCUT2D eigenvalue weighted by molar-refractivity contribution is 6.31. The Kier molecular flexibility index (Phi) is 4.30. The summed E-state index contributed by atoms with van der Waals surface area (Å²) in [5.74, 6) is -0.291. The van der Waals surface area contributed by atoms with Crippen LogP contribution in [0.3, 0.4) is 0 Å². The van der Waals surface area contributed by atoms with Crippen molar-refractivity contribution in [3.8, 4) is 0 Å². The number of rotatable bonds is 4. The van der Waals surface area contributed by atoms with E-state index in [1.54, 1.807) is 6.07 Å². The summed E-state index contributed by atoms with van der Waals surface area (Å²) in [7, 11) is 0. The number of nitrogens with one attached hydrogen (secondary N) is 1. The number of carbonyl (C=O) groups excluding carboxylic acids is 1. The molecule has 0 radical (unpaired) electrons. The molecule has 1 heterocycles. The normalized spacial score (nSPS) is 10.2. The molecular formula is C13H12ClN3O2. The van der Waals surface area contributed by atoms with E-state index in [2.05, 4.69) is 10.4 Å². The molecule has 98 valence electrons. The van der Waals surface area contributed by atoms with Crippen molar-refractivity contribution >= 4 is 17.5 Å². The minimum Gasteiger partial charge on any atom is -0.350 e. The number of benzene rings is 1. The van der Waals surface area contributed by atoms with E-state index in [1.165, 1.54) is 18.3 Å². The fourth-order valence-electron chi connectivity index (χ4n) is 1.53. The number of amides is 1. The molecule has 6 heteroatoms. The Bertz CT molecular complexity index is 640. The van der Waals surface area contributed by atoms with Gasteiger partial charge in [-0.1, -0.05) is 29.8 Å². The van der Waals surface area contributed by atoms with Gasteiger partial charge >= 0.3 is 0 Å². The van der Waals surface area contributed by atoms with Gasteiger partial charge in [-0.15, -0.1) is 0 Å². The van der Waals surface area contributed by atoms with Crippen LogP contribution in [0.5, 0.6) is 0 Å². The van der Waals surface area contributed by atoms with E-state index >= 15 is 0 Å². The van der Waals surface area contributed by atoms with E-state index < -0.39 is 0 Å². The van der Waals surface area contributed by atoms with Crippen molar-refractivity contribution < 1.29 is 4.79 Å². The van der Waals surface area contributed by atoms with Crippen LogP contribution in [0, 0.1) is 0 Å². The summed E-state index contributed by atoms with van der Waals surface area (Å²) in [5, 5.41) is 7.10.